The van der Waals surface area contributed by atoms with Crippen molar-refractivity contribution in [2.45, 2.75) is 148 Å². The largest absolute Gasteiger partial charge is 0.458 e. The summed E-state index contributed by atoms with van der Waals surface area (Å²) in [5, 5.41) is 18.0. The maximum absolute atomic E-state index is 14.2. The van der Waals surface area contributed by atoms with E-state index in [4.69, 9.17) is 29.2 Å². The lowest BCUT2D eigenvalue weighted by Crippen LogP contribution is -2.61. The lowest BCUT2D eigenvalue weighted by molar-refractivity contribution is -0.295. The first-order valence-corrected chi connectivity index (χ1v) is 18.1. The van der Waals surface area contributed by atoms with Gasteiger partial charge in [-0.2, -0.15) is 0 Å². The number of rotatable bonds is 10. The molecule has 0 aromatic carbocycles. The molecule has 0 saturated carbocycles. The van der Waals surface area contributed by atoms with E-state index < -0.39 is 83.5 Å². The molecule has 290 valence electrons. The van der Waals surface area contributed by atoms with Gasteiger partial charge in [0.15, 0.2) is 17.7 Å². The summed E-state index contributed by atoms with van der Waals surface area (Å²) < 4.78 is 30.7. The second-order valence-corrected chi connectivity index (χ2v) is 15.1. The van der Waals surface area contributed by atoms with Crippen molar-refractivity contribution in [3.63, 3.8) is 0 Å². The summed E-state index contributed by atoms with van der Waals surface area (Å²) in [5.74, 6) is -4.52. The number of methoxy groups -OCH3 is 1. The van der Waals surface area contributed by atoms with Crippen LogP contribution in [-0.2, 0) is 38.1 Å². The first-order valence-electron chi connectivity index (χ1n) is 18.1. The lowest BCUT2D eigenvalue weighted by Gasteiger charge is -2.46. The van der Waals surface area contributed by atoms with E-state index in [1.807, 2.05) is 25.9 Å². The van der Waals surface area contributed by atoms with Crippen molar-refractivity contribution in [1.82, 2.24) is 15.1 Å². The van der Waals surface area contributed by atoms with Crippen LogP contribution in [0, 0.1) is 17.8 Å². The molecule has 51 heavy (non-hydrogen) atoms. The zero-order valence-corrected chi connectivity index (χ0v) is 32.2. The van der Waals surface area contributed by atoms with Crippen LogP contribution >= 0.6 is 0 Å². The number of likely N-dealkylation sites (N-methyl/N-ethyl adjacent to an activating group) is 1. The van der Waals surface area contributed by atoms with Crippen LogP contribution in [0.2, 0.25) is 0 Å². The monoisotopic (exact) mass is 724 g/mol. The molecule has 0 bridgehead atoms. The summed E-state index contributed by atoms with van der Waals surface area (Å²) in [6, 6.07) is -1.71. The van der Waals surface area contributed by atoms with Crippen molar-refractivity contribution in [3.8, 4) is 0 Å². The minimum absolute atomic E-state index is 0.0940. The summed E-state index contributed by atoms with van der Waals surface area (Å²) >= 11 is 0. The van der Waals surface area contributed by atoms with Gasteiger partial charge in [0.05, 0.1) is 29.9 Å². The van der Waals surface area contributed by atoms with E-state index in [2.05, 4.69) is 15.3 Å². The Balaban J connectivity index is 2.07. The van der Waals surface area contributed by atoms with Gasteiger partial charge in [0.2, 0.25) is 5.91 Å². The van der Waals surface area contributed by atoms with Crippen LogP contribution in [0.25, 0.3) is 10.4 Å². The lowest BCUT2D eigenvalue weighted by atomic mass is 9.78. The minimum atomic E-state index is -1.39. The molecule has 3 aliphatic rings. The molecular weight excluding hydrogens is 664 g/mol. The normalized spacial score (nSPS) is 40.0. The zero-order chi connectivity index (χ0) is 38.4. The fourth-order valence-electron chi connectivity index (χ4n) is 8.05. The number of esters is 1. The first kappa shape index (κ1) is 42.4. The quantitative estimate of drug-likeness (QED) is 0.0833. The minimum Gasteiger partial charge on any atom is -0.458 e. The SMILES string of the molecule is CC[C@H]1OC(=O)[C@H](C)C(=O)[C@H](C)[C@@H](O[C@@H]2O[C@H](C)CC(N(C)C)C2O)[C@](C)(OC)C[C@@H](C)C(=O)N[C@H](C)[C@H]2N(CCCCN=[N+]=[N-])C(=O)O[C@]12C. The summed E-state index contributed by atoms with van der Waals surface area (Å²) in [6.07, 6.45) is -3.17. The van der Waals surface area contributed by atoms with E-state index in [9.17, 15) is 24.3 Å². The Morgan fingerprint density at radius 3 is 2.37 bits per heavy atom. The van der Waals surface area contributed by atoms with Crippen LogP contribution in [0.5, 0.6) is 0 Å². The summed E-state index contributed by atoms with van der Waals surface area (Å²) in [7, 11) is 5.18. The van der Waals surface area contributed by atoms with E-state index >= 15 is 0 Å². The molecule has 0 aliphatic carbocycles. The van der Waals surface area contributed by atoms with E-state index in [-0.39, 0.29) is 44.0 Å². The standard InChI is InChI=1S/C35H60N6O10/c1-12-25-35(8)28(41(33(46)51-35)16-14-13-15-37-39-36)23(6)38-30(44)19(2)18-34(7,47-11)29(21(4)26(42)22(5)31(45)49-25)50-32-27(43)24(40(9)10)17-20(3)48-32/h19-25,27-29,32,43H,12-18H2,1-11H3,(H,38,44)/t19-,20-,21+,22-,23-,24?,25-,27?,28-,29-,32+,34-,35-/m1/s1. The molecule has 2 amide bonds. The van der Waals surface area contributed by atoms with E-state index in [0.717, 1.165) is 0 Å². The van der Waals surface area contributed by atoms with Gasteiger partial charge in [-0.25, -0.2) is 4.79 Å². The number of amides is 2. The van der Waals surface area contributed by atoms with Gasteiger partial charge in [-0.05, 0) is 86.3 Å². The number of hydrogen-bond donors (Lipinski definition) is 2. The highest BCUT2D eigenvalue weighted by atomic mass is 16.7. The average Bonchev–Trinajstić information content (AvgIpc) is 3.34. The number of carbonyl (C=O) groups is 4. The highest BCUT2D eigenvalue weighted by Gasteiger charge is 2.59. The number of ketones is 1. The van der Waals surface area contributed by atoms with Crippen molar-refractivity contribution in [1.29, 1.82) is 0 Å². The number of ether oxygens (including phenoxy) is 5. The predicted molar refractivity (Wildman–Crippen MR) is 186 cm³/mol. The molecule has 3 heterocycles. The molecule has 2 N–H and O–H groups in total. The number of cyclic esters (lactones) is 1. The molecule has 3 aliphatic heterocycles. The van der Waals surface area contributed by atoms with Crippen LogP contribution in [0.15, 0.2) is 5.11 Å². The van der Waals surface area contributed by atoms with Crippen LogP contribution < -0.4 is 5.32 Å². The van der Waals surface area contributed by atoms with Crippen LogP contribution in [0.4, 0.5) is 4.79 Å². The number of nitrogens with one attached hydrogen (secondary N) is 1. The summed E-state index contributed by atoms with van der Waals surface area (Å²) in [5.41, 5.74) is 5.98. The predicted octanol–water partition coefficient (Wildman–Crippen LogP) is 3.58. The zero-order valence-electron chi connectivity index (χ0n) is 32.2. The third kappa shape index (κ3) is 9.33. The molecule has 13 atom stereocenters. The van der Waals surface area contributed by atoms with Crippen molar-refractivity contribution in [3.05, 3.63) is 10.4 Å². The number of aliphatic hydroxyl groups excluding tert-OH is 1. The fourth-order valence-corrected chi connectivity index (χ4v) is 8.05. The number of azide groups is 1. The topological polar surface area (TPSA) is 202 Å². The van der Waals surface area contributed by atoms with Gasteiger partial charge < -0.3 is 39.0 Å². The van der Waals surface area contributed by atoms with Crippen molar-refractivity contribution in [2.24, 2.45) is 22.9 Å². The molecule has 16 nitrogen and oxygen atoms in total. The number of Topliss-reactive ketones (excluding diaryl/α,β-unsaturated/α-hetero) is 1. The molecule has 3 rings (SSSR count). The molecule has 3 saturated heterocycles. The number of nitrogens with zero attached hydrogens (tertiary/aromatic N) is 5. The van der Waals surface area contributed by atoms with Crippen molar-refractivity contribution < 1.29 is 48.0 Å². The molecule has 16 heteroatoms. The van der Waals surface area contributed by atoms with Crippen LogP contribution in [0.3, 0.4) is 0 Å². The number of hydrogen-bond acceptors (Lipinski definition) is 12. The summed E-state index contributed by atoms with van der Waals surface area (Å²) in [4.78, 5) is 61.6. The van der Waals surface area contributed by atoms with Gasteiger partial charge >= 0.3 is 12.1 Å². The van der Waals surface area contributed by atoms with E-state index in [1.165, 1.54) is 18.9 Å². The molecular formula is C35H60N6O10. The maximum Gasteiger partial charge on any atom is 0.410 e. The number of carbonyl (C=O) groups excluding carboxylic acids is 4. The number of unbranched alkanes of at least 4 members (excludes halogenated alkanes) is 1. The van der Waals surface area contributed by atoms with Gasteiger partial charge in [0.1, 0.15) is 18.1 Å². The second-order valence-electron chi connectivity index (χ2n) is 15.1. The maximum atomic E-state index is 14.2. The van der Waals surface area contributed by atoms with Gasteiger partial charge in [-0.15, -0.1) is 0 Å². The van der Waals surface area contributed by atoms with Gasteiger partial charge in [0.25, 0.3) is 0 Å². The number of aliphatic hydroxyl groups is 1. The molecule has 0 radical (unpaired) electrons. The van der Waals surface area contributed by atoms with Crippen LogP contribution in [-0.4, -0.2) is 133 Å². The highest BCUT2D eigenvalue weighted by Crippen LogP contribution is 2.40. The van der Waals surface area contributed by atoms with Gasteiger partial charge in [-0.3, -0.25) is 19.3 Å². The van der Waals surface area contributed by atoms with Crippen molar-refractivity contribution >= 4 is 23.8 Å². The Morgan fingerprint density at radius 1 is 1.12 bits per heavy atom. The highest BCUT2D eigenvalue weighted by molar-refractivity contribution is 6.00. The first-order chi connectivity index (χ1) is 23.9. The van der Waals surface area contributed by atoms with Gasteiger partial charge in [0, 0.05) is 43.0 Å². The third-order valence-corrected chi connectivity index (χ3v) is 11.0. The Hall–Kier alpha value is -3.01. The van der Waals surface area contributed by atoms with E-state index in [1.54, 1.807) is 41.5 Å². The van der Waals surface area contributed by atoms with Gasteiger partial charge in [-0.1, -0.05) is 25.9 Å². The Bertz CT molecular complexity index is 1300. The molecule has 0 aromatic rings. The average molecular weight is 725 g/mol. The van der Waals surface area contributed by atoms with Crippen LogP contribution in [0.1, 0.15) is 87.5 Å². The second kappa shape index (κ2) is 17.7. The van der Waals surface area contributed by atoms with Crippen molar-refractivity contribution in [2.75, 3.05) is 34.3 Å². The molecule has 0 spiro atoms. The van der Waals surface area contributed by atoms with E-state index in [0.29, 0.717) is 19.3 Å². The molecule has 2 unspecified atom stereocenters. The Labute approximate surface area is 301 Å². The Morgan fingerprint density at radius 2 is 1.78 bits per heavy atom. The fraction of sp³-hybridized carbons (Fsp3) is 0.886. The molecule has 3 fully saturated rings. The summed E-state index contributed by atoms with van der Waals surface area (Å²) in [6.45, 7) is 14.2. The smallest absolute Gasteiger partial charge is 0.410 e. The Kier molecular flexibility index (Phi) is 14.7. The molecule has 0 aromatic heterocycles. The third-order valence-electron chi connectivity index (χ3n) is 11.0. The number of fused-ring (bicyclic) bond motifs is 1.